The molecule has 4 nitrogen and oxygen atoms in total. The predicted molar refractivity (Wildman–Crippen MR) is 72.8 cm³/mol. The Balaban J connectivity index is 2.47. The minimum absolute atomic E-state index is 0.117. The van der Waals surface area contributed by atoms with E-state index in [4.69, 9.17) is 4.42 Å². The van der Waals surface area contributed by atoms with Crippen LogP contribution in [0.15, 0.2) is 51.0 Å². The van der Waals surface area contributed by atoms with Crippen LogP contribution in [0.25, 0.3) is 21.6 Å². The number of carboxylic acid groups (broad SMARTS) is 1. The number of thiophene rings is 1. The fraction of sp³-hybridized carbons (Fsp3) is 0. The van der Waals surface area contributed by atoms with Crippen LogP contribution >= 0.6 is 11.3 Å². The Morgan fingerprint density at radius 2 is 1.95 bits per heavy atom. The summed E-state index contributed by atoms with van der Waals surface area (Å²) in [5.41, 5.74) is -0.445. The molecule has 0 aliphatic rings. The van der Waals surface area contributed by atoms with Crippen LogP contribution in [0.1, 0.15) is 10.4 Å². The van der Waals surface area contributed by atoms with Gasteiger partial charge in [0, 0.05) is 0 Å². The molecule has 1 N–H and O–H groups in total. The Hall–Kier alpha value is -2.40. The number of hydrogen-bond acceptors (Lipinski definition) is 4. The van der Waals surface area contributed by atoms with E-state index in [1.807, 2.05) is 0 Å². The van der Waals surface area contributed by atoms with Gasteiger partial charge in [-0.1, -0.05) is 18.2 Å². The third-order valence-electron chi connectivity index (χ3n) is 2.76. The van der Waals surface area contributed by atoms with Gasteiger partial charge in [-0.05, 0) is 23.6 Å². The topological polar surface area (TPSA) is 67.5 Å². The first-order valence-corrected chi connectivity index (χ1v) is 6.39. The molecule has 0 fully saturated rings. The molecule has 0 saturated carbocycles. The maximum absolute atomic E-state index is 12.2. The SMILES string of the molecule is O=C(O)c1c(-c2cccs2)oc2ccccc2c1=O. The van der Waals surface area contributed by atoms with Gasteiger partial charge in [0.25, 0.3) is 0 Å². The molecule has 19 heavy (non-hydrogen) atoms. The molecular formula is C14H8O4S. The van der Waals surface area contributed by atoms with Gasteiger partial charge in [-0.15, -0.1) is 11.3 Å². The molecule has 0 saturated heterocycles. The summed E-state index contributed by atoms with van der Waals surface area (Å²) >= 11 is 1.33. The third-order valence-corrected chi connectivity index (χ3v) is 3.63. The molecule has 2 heterocycles. The summed E-state index contributed by atoms with van der Waals surface area (Å²) in [5.74, 6) is -1.16. The minimum atomic E-state index is -1.28. The molecule has 0 aliphatic heterocycles. The second-order valence-electron chi connectivity index (χ2n) is 3.91. The summed E-state index contributed by atoms with van der Waals surface area (Å²) in [7, 11) is 0. The van der Waals surface area contributed by atoms with Gasteiger partial charge in [-0.25, -0.2) is 4.79 Å². The van der Waals surface area contributed by atoms with E-state index in [1.54, 1.807) is 41.8 Å². The van der Waals surface area contributed by atoms with Crippen LogP contribution in [0.2, 0.25) is 0 Å². The van der Waals surface area contributed by atoms with Crippen molar-refractivity contribution in [1.29, 1.82) is 0 Å². The van der Waals surface area contributed by atoms with Gasteiger partial charge in [0.15, 0.2) is 11.3 Å². The Morgan fingerprint density at radius 3 is 2.63 bits per heavy atom. The monoisotopic (exact) mass is 272 g/mol. The number of rotatable bonds is 2. The van der Waals surface area contributed by atoms with Gasteiger partial charge in [0.05, 0.1) is 10.3 Å². The Morgan fingerprint density at radius 1 is 1.16 bits per heavy atom. The highest BCUT2D eigenvalue weighted by atomic mass is 32.1. The van der Waals surface area contributed by atoms with Crippen molar-refractivity contribution in [1.82, 2.24) is 0 Å². The van der Waals surface area contributed by atoms with Gasteiger partial charge < -0.3 is 9.52 Å². The lowest BCUT2D eigenvalue weighted by molar-refractivity contribution is 0.0694. The molecule has 0 unspecified atom stereocenters. The molecule has 3 aromatic rings. The van der Waals surface area contributed by atoms with E-state index in [1.165, 1.54) is 11.3 Å². The number of benzene rings is 1. The quantitative estimate of drug-likeness (QED) is 0.777. The summed E-state index contributed by atoms with van der Waals surface area (Å²) < 4.78 is 5.61. The number of hydrogen-bond donors (Lipinski definition) is 1. The number of para-hydroxylation sites is 1. The van der Waals surface area contributed by atoms with Crippen molar-refractivity contribution in [2.75, 3.05) is 0 Å². The van der Waals surface area contributed by atoms with Crippen molar-refractivity contribution in [3.63, 3.8) is 0 Å². The third kappa shape index (κ3) is 1.84. The van der Waals surface area contributed by atoms with Crippen LogP contribution in [0.3, 0.4) is 0 Å². The lowest BCUT2D eigenvalue weighted by Gasteiger charge is -2.05. The van der Waals surface area contributed by atoms with Crippen LogP contribution in [0.5, 0.6) is 0 Å². The fourth-order valence-electron chi connectivity index (χ4n) is 1.92. The zero-order valence-corrected chi connectivity index (χ0v) is 10.4. The van der Waals surface area contributed by atoms with E-state index in [0.29, 0.717) is 10.5 Å². The molecule has 0 amide bonds. The first-order chi connectivity index (χ1) is 9.18. The van der Waals surface area contributed by atoms with Crippen LogP contribution in [0, 0.1) is 0 Å². The highest BCUT2D eigenvalue weighted by Gasteiger charge is 2.21. The summed E-state index contributed by atoms with van der Waals surface area (Å²) in [6, 6.07) is 10.1. The first-order valence-electron chi connectivity index (χ1n) is 5.51. The standard InChI is InChI=1S/C14H8O4S/c15-12-8-4-1-2-5-9(8)18-13(11(12)14(16)17)10-6-3-7-19-10/h1-7H,(H,16,17). The van der Waals surface area contributed by atoms with E-state index in [9.17, 15) is 14.7 Å². The zero-order chi connectivity index (χ0) is 13.4. The van der Waals surface area contributed by atoms with Crippen LogP contribution < -0.4 is 5.43 Å². The zero-order valence-electron chi connectivity index (χ0n) is 9.62. The van der Waals surface area contributed by atoms with Gasteiger partial charge in [-0.3, -0.25) is 4.79 Å². The molecule has 0 aliphatic carbocycles. The Labute approximate surface area is 111 Å². The smallest absolute Gasteiger partial charge is 0.343 e. The van der Waals surface area contributed by atoms with Crippen LogP contribution in [-0.4, -0.2) is 11.1 Å². The van der Waals surface area contributed by atoms with Crippen LogP contribution in [0.4, 0.5) is 0 Å². The average Bonchev–Trinajstić information content (AvgIpc) is 2.92. The Kier molecular flexibility index (Phi) is 2.68. The molecule has 0 bridgehead atoms. The number of fused-ring (bicyclic) bond motifs is 1. The van der Waals surface area contributed by atoms with Gasteiger partial charge in [-0.2, -0.15) is 0 Å². The molecular weight excluding hydrogens is 264 g/mol. The van der Waals surface area contributed by atoms with Gasteiger partial charge in [0.1, 0.15) is 5.58 Å². The second kappa shape index (κ2) is 4.37. The predicted octanol–water partition coefficient (Wildman–Crippen LogP) is 3.22. The van der Waals surface area contributed by atoms with Crippen molar-refractivity contribution >= 4 is 28.3 Å². The molecule has 3 rings (SSSR count). The highest BCUT2D eigenvalue weighted by Crippen LogP contribution is 2.29. The van der Waals surface area contributed by atoms with Crippen molar-refractivity contribution in [2.24, 2.45) is 0 Å². The number of aromatic carboxylic acids is 1. The highest BCUT2D eigenvalue weighted by molar-refractivity contribution is 7.13. The molecule has 0 atom stereocenters. The average molecular weight is 272 g/mol. The molecule has 5 heteroatoms. The normalized spacial score (nSPS) is 10.7. The van der Waals surface area contributed by atoms with Gasteiger partial charge >= 0.3 is 5.97 Å². The van der Waals surface area contributed by atoms with E-state index >= 15 is 0 Å². The van der Waals surface area contributed by atoms with E-state index in [0.717, 1.165) is 0 Å². The lowest BCUT2D eigenvalue weighted by Crippen LogP contribution is -2.16. The van der Waals surface area contributed by atoms with Crippen molar-refractivity contribution in [3.05, 3.63) is 57.6 Å². The summed E-state index contributed by atoms with van der Waals surface area (Å²) in [5, 5.41) is 11.3. The molecule has 0 radical (unpaired) electrons. The molecule has 94 valence electrons. The maximum Gasteiger partial charge on any atom is 0.343 e. The maximum atomic E-state index is 12.2. The molecule has 1 aromatic carbocycles. The van der Waals surface area contributed by atoms with Crippen molar-refractivity contribution < 1.29 is 14.3 Å². The minimum Gasteiger partial charge on any atom is -0.477 e. The summed E-state index contributed by atoms with van der Waals surface area (Å²) in [6.07, 6.45) is 0. The second-order valence-corrected chi connectivity index (χ2v) is 4.86. The summed E-state index contributed by atoms with van der Waals surface area (Å²) in [6.45, 7) is 0. The lowest BCUT2D eigenvalue weighted by atomic mass is 10.1. The van der Waals surface area contributed by atoms with Crippen molar-refractivity contribution in [2.45, 2.75) is 0 Å². The fourth-order valence-corrected chi connectivity index (χ4v) is 2.63. The van der Waals surface area contributed by atoms with Crippen LogP contribution in [-0.2, 0) is 0 Å². The molecule has 2 aromatic heterocycles. The number of carbonyl (C=O) groups is 1. The van der Waals surface area contributed by atoms with E-state index in [-0.39, 0.29) is 16.7 Å². The first kappa shape index (κ1) is 11.7. The molecule has 0 spiro atoms. The van der Waals surface area contributed by atoms with Crippen molar-refractivity contribution in [3.8, 4) is 10.6 Å². The largest absolute Gasteiger partial charge is 0.477 e. The van der Waals surface area contributed by atoms with Gasteiger partial charge in [0.2, 0.25) is 5.43 Å². The number of carboxylic acids is 1. The summed E-state index contributed by atoms with van der Waals surface area (Å²) in [4.78, 5) is 24.2. The van der Waals surface area contributed by atoms with E-state index in [2.05, 4.69) is 0 Å². The Bertz CT molecular complexity index is 815. The van der Waals surface area contributed by atoms with E-state index < -0.39 is 11.4 Å².